The lowest BCUT2D eigenvalue weighted by Gasteiger charge is -2.07. The summed E-state index contributed by atoms with van der Waals surface area (Å²) in [5.74, 6) is -0.830. The maximum absolute atomic E-state index is 12.0. The molecule has 0 bridgehead atoms. The number of anilines is 1. The van der Waals surface area contributed by atoms with Gasteiger partial charge in [0.1, 0.15) is 11.3 Å². The third-order valence-corrected chi connectivity index (χ3v) is 4.40. The molecule has 0 spiro atoms. The zero-order valence-electron chi connectivity index (χ0n) is 15.7. The number of phenols is 1. The molecule has 0 saturated heterocycles. The summed E-state index contributed by atoms with van der Waals surface area (Å²) >= 11 is 0. The van der Waals surface area contributed by atoms with Crippen LogP contribution in [-0.2, 0) is 27.2 Å². The van der Waals surface area contributed by atoms with E-state index in [0.717, 1.165) is 24.6 Å². The molecule has 0 radical (unpaired) electrons. The Labute approximate surface area is 163 Å². The molecule has 6 heteroatoms. The second kappa shape index (κ2) is 9.08. The minimum absolute atomic E-state index is 0.0167. The van der Waals surface area contributed by atoms with Crippen LogP contribution in [-0.4, -0.2) is 23.6 Å². The number of benzene rings is 2. The molecule has 146 valence electrons. The summed E-state index contributed by atoms with van der Waals surface area (Å²) in [4.78, 5) is 24.0. The van der Waals surface area contributed by atoms with Crippen LogP contribution in [0.2, 0.25) is 0 Å². The quantitative estimate of drug-likeness (QED) is 0.571. The summed E-state index contributed by atoms with van der Waals surface area (Å²) in [5, 5.41) is 12.9. The minimum atomic E-state index is -0.527. The Bertz CT molecular complexity index is 959. The number of hydrogen-bond donors (Lipinski definition) is 2. The molecule has 0 saturated carbocycles. The number of aryl methyl sites for hydroxylation is 1. The lowest BCUT2D eigenvalue weighted by Crippen LogP contribution is -2.21. The fourth-order valence-electron chi connectivity index (χ4n) is 2.89. The standard InChI is InChI=1S/C22H23NO5/c1-2-3-4-15-5-7-17(8-6-15)23-21(25)14-28-22(26)11-16-13-27-20-12-18(24)9-10-19(16)20/h5-10,12-13,24H,2-4,11,14H2,1H3,(H,23,25). The summed E-state index contributed by atoms with van der Waals surface area (Å²) in [5.41, 5.74) is 3.03. The summed E-state index contributed by atoms with van der Waals surface area (Å²) in [6.07, 6.45) is 4.73. The van der Waals surface area contributed by atoms with Crippen LogP contribution < -0.4 is 5.32 Å². The lowest BCUT2D eigenvalue weighted by atomic mass is 10.1. The molecule has 0 unspecified atom stereocenters. The third-order valence-electron chi connectivity index (χ3n) is 4.40. The van der Waals surface area contributed by atoms with Gasteiger partial charge in [0.05, 0.1) is 12.7 Å². The molecule has 6 nitrogen and oxygen atoms in total. The Kier molecular flexibility index (Phi) is 6.32. The molecular weight excluding hydrogens is 358 g/mol. The van der Waals surface area contributed by atoms with Gasteiger partial charge in [-0.2, -0.15) is 0 Å². The molecule has 0 aliphatic rings. The molecule has 28 heavy (non-hydrogen) atoms. The number of amides is 1. The topological polar surface area (TPSA) is 88.8 Å². The molecule has 3 rings (SSSR count). The largest absolute Gasteiger partial charge is 0.508 e. The Hall–Kier alpha value is -3.28. The molecule has 1 heterocycles. The summed E-state index contributed by atoms with van der Waals surface area (Å²) in [6, 6.07) is 12.3. The first kappa shape index (κ1) is 19.5. The average molecular weight is 381 g/mol. The number of nitrogens with one attached hydrogen (secondary N) is 1. The van der Waals surface area contributed by atoms with E-state index in [9.17, 15) is 14.7 Å². The van der Waals surface area contributed by atoms with Crippen LogP contribution in [0.1, 0.15) is 30.9 Å². The van der Waals surface area contributed by atoms with E-state index in [1.165, 1.54) is 24.0 Å². The molecule has 2 N–H and O–H groups in total. The Morgan fingerprint density at radius 1 is 1.14 bits per heavy atom. The lowest BCUT2D eigenvalue weighted by molar-refractivity contribution is -0.146. The number of carbonyl (C=O) groups excluding carboxylic acids is 2. The van der Waals surface area contributed by atoms with Gasteiger partial charge < -0.3 is 19.6 Å². The highest BCUT2D eigenvalue weighted by Crippen LogP contribution is 2.25. The van der Waals surface area contributed by atoms with Gasteiger partial charge in [0.25, 0.3) is 5.91 Å². The fourth-order valence-corrected chi connectivity index (χ4v) is 2.89. The van der Waals surface area contributed by atoms with E-state index in [-0.39, 0.29) is 18.8 Å². The van der Waals surface area contributed by atoms with E-state index >= 15 is 0 Å². The smallest absolute Gasteiger partial charge is 0.310 e. The van der Waals surface area contributed by atoms with E-state index in [1.54, 1.807) is 6.07 Å². The average Bonchev–Trinajstić information content (AvgIpc) is 3.07. The summed E-state index contributed by atoms with van der Waals surface area (Å²) < 4.78 is 10.4. The SMILES string of the molecule is CCCCc1ccc(NC(=O)COC(=O)Cc2coc3cc(O)ccc23)cc1. The predicted molar refractivity (Wildman–Crippen MR) is 106 cm³/mol. The second-order valence-corrected chi connectivity index (χ2v) is 6.63. The number of phenolic OH excluding ortho intramolecular Hbond substituents is 1. The van der Waals surface area contributed by atoms with E-state index in [4.69, 9.17) is 9.15 Å². The number of rotatable bonds is 8. The second-order valence-electron chi connectivity index (χ2n) is 6.63. The third kappa shape index (κ3) is 5.13. The fraction of sp³-hybridized carbons (Fsp3) is 0.273. The van der Waals surface area contributed by atoms with Gasteiger partial charge in [-0.25, -0.2) is 0 Å². The van der Waals surface area contributed by atoms with Crippen molar-refractivity contribution in [1.82, 2.24) is 0 Å². The molecule has 0 aliphatic carbocycles. The molecule has 3 aromatic rings. The van der Waals surface area contributed by atoms with Crippen LogP contribution in [0, 0.1) is 0 Å². The van der Waals surface area contributed by atoms with E-state index < -0.39 is 11.9 Å². The van der Waals surface area contributed by atoms with E-state index in [0.29, 0.717) is 16.8 Å². The van der Waals surface area contributed by atoms with Gasteiger partial charge in [-0.3, -0.25) is 9.59 Å². The highest BCUT2D eigenvalue weighted by Gasteiger charge is 2.13. The molecule has 1 aromatic heterocycles. The maximum atomic E-state index is 12.0. The Morgan fingerprint density at radius 2 is 1.93 bits per heavy atom. The highest BCUT2D eigenvalue weighted by atomic mass is 16.5. The van der Waals surface area contributed by atoms with Crippen molar-refractivity contribution in [3.63, 3.8) is 0 Å². The minimum Gasteiger partial charge on any atom is -0.508 e. The number of furan rings is 1. The molecule has 1 amide bonds. The number of carbonyl (C=O) groups is 2. The van der Waals surface area contributed by atoms with Crippen molar-refractivity contribution >= 4 is 28.5 Å². The molecule has 0 aliphatic heterocycles. The van der Waals surface area contributed by atoms with Gasteiger partial charge in [-0.05, 0) is 42.7 Å². The number of hydrogen-bond acceptors (Lipinski definition) is 5. The Morgan fingerprint density at radius 3 is 2.68 bits per heavy atom. The van der Waals surface area contributed by atoms with Crippen molar-refractivity contribution in [2.45, 2.75) is 32.6 Å². The molecule has 0 fully saturated rings. The number of unbranched alkanes of at least 4 members (excludes halogenated alkanes) is 1. The van der Waals surface area contributed by atoms with Crippen LogP contribution >= 0.6 is 0 Å². The van der Waals surface area contributed by atoms with Crippen molar-refractivity contribution in [1.29, 1.82) is 0 Å². The van der Waals surface area contributed by atoms with Crippen LogP contribution in [0.5, 0.6) is 5.75 Å². The van der Waals surface area contributed by atoms with Crippen LogP contribution in [0.4, 0.5) is 5.69 Å². The summed E-state index contributed by atoms with van der Waals surface area (Å²) in [7, 11) is 0. The van der Waals surface area contributed by atoms with Crippen molar-refractivity contribution < 1.29 is 23.8 Å². The molecule has 2 aromatic carbocycles. The van der Waals surface area contributed by atoms with Crippen LogP contribution in [0.25, 0.3) is 11.0 Å². The van der Waals surface area contributed by atoms with Crippen molar-refractivity contribution in [2.75, 3.05) is 11.9 Å². The first-order valence-electron chi connectivity index (χ1n) is 9.28. The van der Waals surface area contributed by atoms with E-state index in [1.807, 2.05) is 24.3 Å². The number of aromatic hydroxyl groups is 1. The van der Waals surface area contributed by atoms with Crippen molar-refractivity contribution in [2.24, 2.45) is 0 Å². The first-order valence-corrected chi connectivity index (χ1v) is 9.28. The number of ether oxygens (including phenoxy) is 1. The number of esters is 1. The monoisotopic (exact) mass is 381 g/mol. The maximum Gasteiger partial charge on any atom is 0.310 e. The van der Waals surface area contributed by atoms with Gasteiger partial charge in [-0.15, -0.1) is 0 Å². The molecule has 0 atom stereocenters. The predicted octanol–water partition coefficient (Wildman–Crippen LogP) is 4.21. The van der Waals surface area contributed by atoms with Crippen molar-refractivity contribution in [3.8, 4) is 5.75 Å². The van der Waals surface area contributed by atoms with E-state index in [2.05, 4.69) is 12.2 Å². The van der Waals surface area contributed by atoms with Gasteiger partial charge in [0.2, 0.25) is 0 Å². The zero-order chi connectivity index (χ0) is 19.9. The molecular formula is C22H23NO5. The first-order chi connectivity index (χ1) is 13.5. The van der Waals surface area contributed by atoms with Gasteiger partial charge in [-0.1, -0.05) is 25.5 Å². The number of fused-ring (bicyclic) bond motifs is 1. The zero-order valence-corrected chi connectivity index (χ0v) is 15.7. The Balaban J connectivity index is 1.48. The van der Waals surface area contributed by atoms with Crippen molar-refractivity contribution in [3.05, 3.63) is 59.9 Å². The highest BCUT2D eigenvalue weighted by molar-refractivity contribution is 5.93. The normalized spacial score (nSPS) is 10.8. The van der Waals surface area contributed by atoms with Gasteiger partial charge in [0.15, 0.2) is 6.61 Å². The van der Waals surface area contributed by atoms with Crippen LogP contribution in [0.3, 0.4) is 0 Å². The van der Waals surface area contributed by atoms with Gasteiger partial charge in [0, 0.05) is 22.7 Å². The summed E-state index contributed by atoms with van der Waals surface area (Å²) in [6.45, 7) is 1.79. The van der Waals surface area contributed by atoms with Crippen LogP contribution in [0.15, 0.2) is 53.1 Å². The van der Waals surface area contributed by atoms with Gasteiger partial charge >= 0.3 is 5.97 Å².